The van der Waals surface area contributed by atoms with Crippen molar-refractivity contribution in [2.45, 2.75) is 0 Å². The summed E-state index contributed by atoms with van der Waals surface area (Å²) in [7, 11) is 0. The summed E-state index contributed by atoms with van der Waals surface area (Å²) in [5.74, 6) is 0.438. The van der Waals surface area contributed by atoms with Gasteiger partial charge in [0.25, 0.3) is 0 Å². The molecule has 0 atom stereocenters. The van der Waals surface area contributed by atoms with Crippen molar-refractivity contribution < 1.29 is 0 Å². The van der Waals surface area contributed by atoms with Crippen LogP contribution in [0.3, 0.4) is 0 Å². The van der Waals surface area contributed by atoms with Crippen LogP contribution in [-0.2, 0) is 0 Å². The zero-order valence-corrected chi connectivity index (χ0v) is 16.9. The Kier molecular flexibility index (Phi) is 4.49. The van der Waals surface area contributed by atoms with Gasteiger partial charge in [-0.1, -0.05) is 72.3 Å². The number of hydrogen-bond donors (Lipinski definition) is 1. The Labute approximate surface area is 181 Å². The van der Waals surface area contributed by atoms with Crippen LogP contribution in [0.15, 0.2) is 88.5 Å². The van der Waals surface area contributed by atoms with Crippen molar-refractivity contribution in [1.29, 1.82) is 0 Å². The van der Waals surface area contributed by atoms with Gasteiger partial charge in [-0.2, -0.15) is 0 Å². The number of nitrogens with two attached hydrogens (primary N) is 1. The van der Waals surface area contributed by atoms with Crippen molar-refractivity contribution in [2.24, 2.45) is 0 Å². The summed E-state index contributed by atoms with van der Waals surface area (Å²) in [6.45, 7) is 0. The minimum absolute atomic E-state index is 0.0263. The van der Waals surface area contributed by atoms with Crippen LogP contribution in [0.1, 0.15) is 0 Å². The van der Waals surface area contributed by atoms with E-state index in [9.17, 15) is 9.59 Å². The number of rotatable bonds is 2. The molecule has 0 fully saturated rings. The van der Waals surface area contributed by atoms with Gasteiger partial charge in [-0.3, -0.25) is 14.2 Å². The van der Waals surface area contributed by atoms with Gasteiger partial charge in [0.1, 0.15) is 11.5 Å². The van der Waals surface area contributed by atoms with E-state index in [1.165, 1.54) is 0 Å². The van der Waals surface area contributed by atoms with Crippen LogP contribution in [-0.4, -0.2) is 14.8 Å². The molecule has 3 aromatic rings. The summed E-state index contributed by atoms with van der Waals surface area (Å²) in [4.78, 5) is 26.5. The monoisotopic (exact) mass is 426 g/mol. The van der Waals surface area contributed by atoms with Crippen LogP contribution >= 0.6 is 11.6 Å². The third kappa shape index (κ3) is 3.05. The van der Waals surface area contributed by atoms with Crippen LogP contribution in [0.25, 0.3) is 39.1 Å². The summed E-state index contributed by atoms with van der Waals surface area (Å²) in [5.41, 5.74) is 7.08. The average molecular weight is 427 g/mol. The predicted molar refractivity (Wildman–Crippen MR) is 123 cm³/mol. The standard InChI is InChI=1S/C24H15ClN4O2/c25-15-9-6-10-16(13-15)29-23(26)19-20(27-28-24(29)14-7-2-1-3-8-14)22(31)18-12-5-4-11-17(18)21(19)30/h1-13H,26H2. The number of benzene rings is 4. The van der Waals surface area contributed by atoms with Gasteiger partial charge in [-0.25, -0.2) is 0 Å². The van der Waals surface area contributed by atoms with Crippen molar-refractivity contribution in [3.8, 4) is 28.3 Å². The highest BCUT2D eigenvalue weighted by Gasteiger charge is 2.23. The smallest absolute Gasteiger partial charge is 0.214 e. The summed E-state index contributed by atoms with van der Waals surface area (Å²) in [6.07, 6.45) is 0. The third-order valence-electron chi connectivity index (χ3n) is 5.15. The van der Waals surface area contributed by atoms with Crippen LogP contribution in [0.4, 0.5) is 5.82 Å². The van der Waals surface area contributed by atoms with Gasteiger partial charge in [0.15, 0.2) is 11.3 Å². The van der Waals surface area contributed by atoms with Gasteiger partial charge >= 0.3 is 0 Å². The Bertz CT molecular complexity index is 1550. The van der Waals surface area contributed by atoms with Crippen molar-refractivity contribution >= 4 is 28.2 Å². The maximum absolute atomic E-state index is 13.4. The maximum atomic E-state index is 13.4. The Morgan fingerprint density at radius 2 is 1.45 bits per heavy atom. The fourth-order valence-electron chi connectivity index (χ4n) is 3.71. The molecule has 0 spiro atoms. The fraction of sp³-hybridized carbons (Fsp3) is 0. The molecule has 0 radical (unpaired) electrons. The third-order valence-corrected chi connectivity index (χ3v) is 5.38. The second kappa shape index (κ2) is 7.34. The topological polar surface area (TPSA) is 90.9 Å². The average Bonchev–Trinajstić information content (AvgIpc) is 2.95. The summed E-state index contributed by atoms with van der Waals surface area (Å²) < 4.78 is 1.60. The Morgan fingerprint density at radius 3 is 2.16 bits per heavy atom. The van der Waals surface area contributed by atoms with E-state index in [2.05, 4.69) is 10.2 Å². The molecule has 5 rings (SSSR count). The molecular weight excluding hydrogens is 412 g/mol. The Hall–Kier alpha value is -4.03. The van der Waals surface area contributed by atoms with E-state index < -0.39 is 5.43 Å². The highest BCUT2D eigenvalue weighted by Crippen LogP contribution is 2.30. The molecule has 1 aliphatic heterocycles. The number of anilines is 1. The molecule has 7 heteroatoms. The largest absolute Gasteiger partial charge is 0.384 e. The lowest BCUT2D eigenvalue weighted by Crippen LogP contribution is -2.20. The van der Waals surface area contributed by atoms with Crippen molar-refractivity contribution in [3.05, 3.63) is 104 Å². The lowest BCUT2D eigenvalue weighted by Gasteiger charge is -2.14. The highest BCUT2D eigenvalue weighted by atomic mass is 35.5. The highest BCUT2D eigenvalue weighted by molar-refractivity contribution is 6.30. The Balaban J connectivity index is 2.03. The van der Waals surface area contributed by atoms with Gasteiger partial charge in [-0.05, 0) is 18.2 Å². The SMILES string of the molecule is Nc1c2c(=O)c3ccccc3c(=O)c-2nnc(-c2ccccc2)n1-c1cccc(Cl)c1. The van der Waals surface area contributed by atoms with Crippen molar-refractivity contribution in [2.75, 3.05) is 5.73 Å². The molecule has 2 N–H and O–H groups in total. The molecule has 0 unspecified atom stereocenters. The first-order valence-corrected chi connectivity index (χ1v) is 9.89. The molecule has 3 aromatic carbocycles. The quantitative estimate of drug-likeness (QED) is 0.458. The summed E-state index contributed by atoms with van der Waals surface area (Å²) >= 11 is 6.23. The number of fused-ring (bicyclic) bond motifs is 2. The molecule has 2 aliphatic rings. The minimum Gasteiger partial charge on any atom is -0.384 e. The van der Waals surface area contributed by atoms with Gasteiger partial charge < -0.3 is 5.73 Å². The molecule has 6 nitrogen and oxygen atoms in total. The molecule has 31 heavy (non-hydrogen) atoms. The molecule has 0 aromatic heterocycles. The van der Waals surface area contributed by atoms with Crippen LogP contribution in [0, 0.1) is 0 Å². The number of aromatic nitrogens is 3. The Morgan fingerprint density at radius 1 is 0.774 bits per heavy atom. The molecular formula is C24H15ClN4O2. The van der Waals surface area contributed by atoms with Crippen LogP contribution in [0.2, 0.25) is 5.02 Å². The molecule has 0 amide bonds. The van der Waals surface area contributed by atoms with Gasteiger partial charge in [0.05, 0.1) is 11.3 Å². The van der Waals surface area contributed by atoms with Crippen molar-refractivity contribution in [3.63, 3.8) is 0 Å². The number of nitrogen functional groups attached to an aromatic ring is 1. The van der Waals surface area contributed by atoms with Gasteiger partial charge in [0, 0.05) is 21.4 Å². The van der Waals surface area contributed by atoms with E-state index in [1.54, 1.807) is 53.1 Å². The predicted octanol–water partition coefficient (Wildman–Crippen LogP) is 4.15. The van der Waals surface area contributed by atoms with E-state index in [1.807, 2.05) is 30.3 Å². The molecule has 1 aliphatic carbocycles. The second-order valence-electron chi connectivity index (χ2n) is 7.02. The van der Waals surface area contributed by atoms with E-state index in [-0.39, 0.29) is 27.9 Å². The van der Waals surface area contributed by atoms with Crippen LogP contribution in [0.5, 0.6) is 0 Å². The van der Waals surface area contributed by atoms with Gasteiger partial charge in [-0.15, -0.1) is 10.2 Å². The second-order valence-corrected chi connectivity index (χ2v) is 7.45. The zero-order valence-electron chi connectivity index (χ0n) is 16.1. The fourth-order valence-corrected chi connectivity index (χ4v) is 3.90. The molecule has 0 saturated carbocycles. The van der Waals surface area contributed by atoms with E-state index in [0.717, 1.165) is 0 Å². The van der Waals surface area contributed by atoms with E-state index in [4.69, 9.17) is 17.3 Å². The lowest BCUT2D eigenvalue weighted by molar-refractivity contribution is 0.973. The molecule has 0 saturated heterocycles. The summed E-state index contributed by atoms with van der Waals surface area (Å²) in [5, 5.41) is 9.64. The molecule has 0 bridgehead atoms. The number of hydrogen-bond acceptors (Lipinski definition) is 5. The normalized spacial score (nSPS) is 11.1. The van der Waals surface area contributed by atoms with Gasteiger partial charge in [0.2, 0.25) is 5.43 Å². The first-order valence-electron chi connectivity index (χ1n) is 9.51. The lowest BCUT2D eigenvalue weighted by atomic mass is 10.0. The zero-order chi connectivity index (χ0) is 21.5. The summed E-state index contributed by atoms with van der Waals surface area (Å²) in [6, 6.07) is 22.9. The number of nitrogens with zero attached hydrogens (tertiary/aromatic N) is 3. The minimum atomic E-state index is -0.391. The first kappa shape index (κ1) is 19.0. The van der Waals surface area contributed by atoms with E-state index in [0.29, 0.717) is 27.5 Å². The maximum Gasteiger partial charge on any atom is 0.214 e. The van der Waals surface area contributed by atoms with E-state index >= 15 is 0 Å². The van der Waals surface area contributed by atoms with Crippen LogP contribution < -0.4 is 16.6 Å². The number of halogens is 1. The molecule has 1 heterocycles. The first-order chi connectivity index (χ1) is 15.1. The molecule has 150 valence electrons. The van der Waals surface area contributed by atoms with Crippen molar-refractivity contribution in [1.82, 2.24) is 14.8 Å².